The molecular formula is C22H47NO8S. The van der Waals surface area contributed by atoms with Gasteiger partial charge in [-0.3, -0.25) is 0 Å². The van der Waals surface area contributed by atoms with Crippen LogP contribution in [0.5, 0.6) is 0 Å². The summed E-state index contributed by atoms with van der Waals surface area (Å²) in [5, 5.41) is 7.32. The molecule has 0 aromatic rings. The number of hydrogen-bond acceptors (Lipinski definition) is 9. The molecule has 2 heterocycles. The van der Waals surface area contributed by atoms with Crippen LogP contribution in [-0.2, 0) is 38.3 Å². The van der Waals surface area contributed by atoms with Crippen molar-refractivity contribution < 1.29 is 36.8 Å². The molecule has 0 bridgehead atoms. The van der Waals surface area contributed by atoms with Crippen LogP contribution in [0.1, 0.15) is 46.5 Å². The average molecular weight is 486 g/mol. The highest BCUT2D eigenvalue weighted by atomic mass is 32.2. The summed E-state index contributed by atoms with van der Waals surface area (Å²) in [5.74, 6) is 0.847. The van der Waals surface area contributed by atoms with Crippen molar-refractivity contribution in [3.8, 4) is 6.07 Å². The van der Waals surface area contributed by atoms with Gasteiger partial charge in [-0.1, -0.05) is 0 Å². The van der Waals surface area contributed by atoms with Gasteiger partial charge in [0.1, 0.15) is 9.84 Å². The third kappa shape index (κ3) is 39.7. The summed E-state index contributed by atoms with van der Waals surface area (Å²) in [6, 6.07) is 1.75. The largest absolute Gasteiger partial charge is 0.382 e. The number of nitrogens with zero attached hydrogens (tertiary/aromatic N) is 1. The number of methoxy groups -OCH3 is 2. The summed E-state index contributed by atoms with van der Waals surface area (Å²) in [5.41, 5.74) is 0. The maximum Gasteiger partial charge on any atom is 0.150 e. The molecule has 0 radical (unpaired) electrons. The molecule has 2 fully saturated rings. The molecule has 0 unspecified atom stereocenters. The molecule has 0 amide bonds. The number of rotatable bonds is 11. The Morgan fingerprint density at radius 3 is 1.34 bits per heavy atom. The molecule has 2 rings (SSSR count). The van der Waals surface area contributed by atoms with Gasteiger partial charge in [-0.05, 0) is 39.5 Å². The highest BCUT2D eigenvalue weighted by Crippen LogP contribution is 2.08. The van der Waals surface area contributed by atoms with E-state index in [1.54, 1.807) is 20.3 Å². The van der Waals surface area contributed by atoms with Crippen molar-refractivity contribution in [1.82, 2.24) is 0 Å². The maximum atomic E-state index is 10.4. The lowest BCUT2D eigenvalue weighted by Gasteiger charge is -2.00. The second-order valence-corrected chi connectivity index (χ2v) is 8.70. The fourth-order valence-electron chi connectivity index (χ4n) is 2.05. The standard InChI is InChI=1S/C6H14O3.C6H14O2.C4H8O2S.C4H8O.C2H3N/c1-7-3-5-9-6-4-8-2;1-3-7-5-6-8-4-2;5-7(6)3-1-2-4-7;1-2-4-5-3-1;1-2-3/h3-6H2,1-2H3;3-6H2,1-2H3;1-4H2;1-4H2;1H3. The zero-order valence-electron chi connectivity index (χ0n) is 20.9. The molecule has 194 valence electrons. The van der Waals surface area contributed by atoms with Gasteiger partial charge in [0.2, 0.25) is 0 Å². The van der Waals surface area contributed by atoms with Crippen molar-refractivity contribution in [2.24, 2.45) is 0 Å². The Balaban J connectivity index is -0.000000340. The second kappa shape index (κ2) is 32.4. The minimum atomic E-state index is -2.55. The van der Waals surface area contributed by atoms with Crippen molar-refractivity contribution >= 4 is 9.84 Å². The number of nitriles is 1. The molecule has 0 atom stereocenters. The summed E-state index contributed by atoms with van der Waals surface area (Å²) in [4.78, 5) is 0. The first kappa shape index (κ1) is 35.8. The number of sulfone groups is 1. The van der Waals surface area contributed by atoms with Crippen molar-refractivity contribution in [2.45, 2.75) is 46.5 Å². The molecular weight excluding hydrogens is 438 g/mol. The topological polar surface area (TPSA) is 113 Å². The maximum absolute atomic E-state index is 10.4. The molecule has 32 heavy (non-hydrogen) atoms. The summed E-state index contributed by atoms with van der Waals surface area (Å²) in [6.45, 7) is 13.0. The molecule has 2 saturated heterocycles. The Morgan fingerprint density at radius 1 is 0.750 bits per heavy atom. The van der Waals surface area contributed by atoms with Crippen LogP contribution in [0.15, 0.2) is 0 Å². The lowest BCUT2D eigenvalue weighted by atomic mass is 10.4. The van der Waals surface area contributed by atoms with Gasteiger partial charge in [-0.25, -0.2) is 8.42 Å². The first-order valence-corrected chi connectivity index (χ1v) is 13.1. The SMILES string of the molecule is C1CCOC1.CC#N.CCOCCOCC.COCCOCCOC.O=S1(=O)CCCC1. The van der Waals surface area contributed by atoms with E-state index in [2.05, 4.69) is 0 Å². The number of hydrogen-bond donors (Lipinski definition) is 0. The monoisotopic (exact) mass is 485 g/mol. The Morgan fingerprint density at radius 2 is 1.12 bits per heavy atom. The van der Waals surface area contributed by atoms with E-state index in [0.717, 1.165) is 52.5 Å². The third-order valence-electron chi connectivity index (χ3n) is 3.63. The van der Waals surface area contributed by atoms with Gasteiger partial charge in [0.25, 0.3) is 0 Å². The highest BCUT2D eigenvalue weighted by Gasteiger charge is 2.16. The van der Waals surface area contributed by atoms with Gasteiger partial charge in [0, 0.05) is 47.6 Å². The van der Waals surface area contributed by atoms with Crippen molar-refractivity contribution in [2.75, 3.05) is 91.8 Å². The van der Waals surface area contributed by atoms with Crippen molar-refractivity contribution in [3.05, 3.63) is 0 Å². The first-order valence-electron chi connectivity index (χ1n) is 11.3. The normalized spacial score (nSPS) is 15.4. The van der Waals surface area contributed by atoms with Crippen LogP contribution >= 0.6 is 0 Å². The molecule has 0 N–H and O–H groups in total. The van der Waals surface area contributed by atoms with Crippen LogP contribution in [0.4, 0.5) is 0 Å². The Labute approximate surface area is 196 Å². The van der Waals surface area contributed by atoms with Gasteiger partial charge in [0.05, 0.1) is 57.2 Å². The van der Waals surface area contributed by atoms with Gasteiger partial charge in [-0.15, -0.1) is 0 Å². The van der Waals surface area contributed by atoms with Gasteiger partial charge < -0.3 is 28.4 Å². The number of ether oxygens (including phenoxy) is 6. The van der Waals surface area contributed by atoms with E-state index in [4.69, 9.17) is 33.7 Å². The predicted octanol–water partition coefficient (Wildman–Crippen LogP) is 2.88. The van der Waals surface area contributed by atoms with E-state index in [9.17, 15) is 8.42 Å². The lowest BCUT2D eigenvalue weighted by molar-refractivity contribution is 0.0385. The van der Waals surface area contributed by atoms with Gasteiger partial charge in [-0.2, -0.15) is 5.26 Å². The average Bonchev–Trinajstić information content (AvgIpc) is 3.48. The lowest BCUT2D eigenvalue weighted by Crippen LogP contribution is -2.06. The summed E-state index contributed by atoms with van der Waals surface area (Å²) in [7, 11) is 0.759. The Hall–Kier alpha value is -0.800. The summed E-state index contributed by atoms with van der Waals surface area (Å²) >= 11 is 0. The van der Waals surface area contributed by atoms with Crippen LogP contribution < -0.4 is 0 Å². The Kier molecular flexibility index (Phi) is 36.2. The second-order valence-electron chi connectivity index (χ2n) is 6.39. The van der Waals surface area contributed by atoms with Crippen molar-refractivity contribution in [1.29, 1.82) is 5.26 Å². The molecule has 0 saturated carbocycles. The minimum absolute atomic E-state index is 0.424. The Bertz CT molecular complexity index is 433. The van der Waals surface area contributed by atoms with Crippen LogP contribution in [0.25, 0.3) is 0 Å². The highest BCUT2D eigenvalue weighted by molar-refractivity contribution is 7.91. The molecule has 0 spiro atoms. The minimum Gasteiger partial charge on any atom is -0.382 e. The van der Waals surface area contributed by atoms with Gasteiger partial charge >= 0.3 is 0 Å². The van der Waals surface area contributed by atoms with E-state index in [1.807, 2.05) is 13.8 Å². The van der Waals surface area contributed by atoms with E-state index < -0.39 is 9.84 Å². The van der Waals surface area contributed by atoms with E-state index >= 15 is 0 Å². The van der Waals surface area contributed by atoms with Crippen LogP contribution in [0.2, 0.25) is 0 Å². The summed E-state index contributed by atoms with van der Waals surface area (Å²) < 4.78 is 50.4. The van der Waals surface area contributed by atoms with E-state index in [1.165, 1.54) is 19.8 Å². The molecule has 2 aliphatic heterocycles. The predicted molar refractivity (Wildman–Crippen MR) is 127 cm³/mol. The molecule has 0 aromatic carbocycles. The fourth-order valence-corrected chi connectivity index (χ4v) is 3.54. The van der Waals surface area contributed by atoms with E-state index in [0.29, 0.717) is 37.9 Å². The first-order chi connectivity index (χ1) is 15.4. The molecule has 9 nitrogen and oxygen atoms in total. The molecule has 10 heteroatoms. The van der Waals surface area contributed by atoms with Crippen molar-refractivity contribution in [3.63, 3.8) is 0 Å². The molecule has 0 aliphatic carbocycles. The van der Waals surface area contributed by atoms with E-state index in [-0.39, 0.29) is 0 Å². The van der Waals surface area contributed by atoms with Crippen LogP contribution in [-0.4, -0.2) is 100 Å². The molecule has 0 aromatic heterocycles. The smallest absolute Gasteiger partial charge is 0.150 e. The zero-order valence-corrected chi connectivity index (χ0v) is 21.8. The quantitative estimate of drug-likeness (QED) is 0.408. The summed E-state index contributed by atoms with van der Waals surface area (Å²) in [6.07, 6.45) is 4.31. The van der Waals surface area contributed by atoms with Crippen LogP contribution in [0.3, 0.4) is 0 Å². The van der Waals surface area contributed by atoms with Gasteiger partial charge in [0.15, 0.2) is 0 Å². The fraction of sp³-hybridized carbons (Fsp3) is 0.955. The molecule has 2 aliphatic rings. The zero-order chi connectivity index (χ0) is 24.8. The third-order valence-corrected chi connectivity index (χ3v) is 5.45. The van der Waals surface area contributed by atoms with Crippen LogP contribution in [0, 0.1) is 11.3 Å².